The molecule has 0 bridgehead atoms. The first kappa shape index (κ1) is 14.4. The van der Waals surface area contributed by atoms with Crippen molar-refractivity contribution in [3.63, 3.8) is 0 Å². The first-order valence-corrected chi connectivity index (χ1v) is 6.89. The molecule has 1 aromatic rings. The molecule has 1 aliphatic heterocycles. The van der Waals surface area contributed by atoms with Gasteiger partial charge in [-0.05, 0) is 33.1 Å². The number of piperidine rings is 1. The van der Waals surface area contributed by atoms with E-state index in [9.17, 15) is 9.59 Å². The van der Waals surface area contributed by atoms with Gasteiger partial charge in [0.1, 0.15) is 11.7 Å². The molecule has 1 atom stereocenters. The number of amides is 1. The van der Waals surface area contributed by atoms with Crippen LogP contribution in [0.2, 0.25) is 0 Å². The number of hydrogen-bond acceptors (Lipinski definition) is 5. The van der Waals surface area contributed by atoms with E-state index in [0.29, 0.717) is 19.6 Å². The minimum atomic E-state index is -0.501. The fraction of sp³-hybridized carbons (Fsp3) is 0.571. The monoisotopic (exact) mass is 277 g/mol. The van der Waals surface area contributed by atoms with Gasteiger partial charge in [0.2, 0.25) is 0 Å². The first-order valence-electron chi connectivity index (χ1n) is 6.89. The molecule has 1 saturated heterocycles. The first-order chi connectivity index (χ1) is 9.63. The van der Waals surface area contributed by atoms with Crippen LogP contribution >= 0.6 is 0 Å². The molecule has 1 aliphatic rings. The van der Waals surface area contributed by atoms with Crippen molar-refractivity contribution in [1.29, 1.82) is 0 Å². The molecule has 108 valence electrons. The van der Waals surface area contributed by atoms with E-state index in [1.165, 1.54) is 6.20 Å². The van der Waals surface area contributed by atoms with Crippen molar-refractivity contribution in [1.82, 2.24) is 14.9 Å². The molecule has 0 N–H and O–H groups in total. The zero-order valence-corrected chi connectivity index (χ0v) is 11.8. The van der Waals surface area contributed by atoms with Gasteiger partial charge in [-0.15, -0.1) is 0 Å². The third kappa shape index (κ3) is 3.12. The number of nitrogens with zero attached hydrogens (tertiary/aromatic N) is 3. The molecule has 0 saturated carbocycles. The summed E-state index contributed by atoms with van der Waals surface area (Å²) in [6.07, 6.45) is 5.46. The van der Waals surface area contributed by atoms with Crippen molar-refractivity contribution in [2.24, 2.45) is 0 Å². The van der Waals surface area contributed by atoms with Crippen LogP contribution in [0, 0.1) is 6.92 Å². The molecule has 0 aromatic carbocycles. The summed E-state index contributed by atoms with van der Waals surface area (Å²) in [6.45, 7) is 4.45. The van der Waals surface area contributed by atoms with Crippen LogP contribution in [0.5, 0.6) is 0 Å². The fourth-order valence-electron chi connectivity index (χ4n) is 2.31. The van der Waals surface area contributed by atoms with Crippen molar-refractivity contribution < 1.29 is 14.3 Å². The van der Waals surface area contributed by atoms with Gasteiger partial charge in [-0.3, -0.25) is 9.78 Å². The highest BCUT2D eigenvalue weighted by Gasteiger charge is 2.34. The Bertz CT molecular complexity index is 487. The van der Waals surface area contributed by atoms with Gasteiger partial charge in [-0.2, -0.15) is 0 Å². The molecule has 6 heteroatoms. The van der Waals surface area contributed by atoms with E-state index < -0.39 is 6.04 Å². The van der Waals surface area contributed by atoms with Gasteiger partial charge < -0.3 is 9.64 Å². The quantitative estimate of drug-likeness (QED) is 0.780. The van der Waals surface area contributed by atoms with E-state index in [4.69, 9.17) is 4.74 Å². The number of ether oxygens (including phenoxy) is 1. The van der Waals surface area contributed by atoms with Crippen LogP contribution in [0.25, 0.3) is 0 Å². The van der Waals surface area contributed by atoms with Gasteiger partial charge in [-0.1, -0.05) is 0 Å². The van der Waals surface area contributed by atoms with Crippen LogP contribution in [-0.2, 0) is 9.53 Å². The van der Waals surface area contributed by atoms with Crippen LogP contribution in [0.4, 0.5) is 0 Å². The minimum absolute atomic E-state index is 0.254. The zero-order chi connectivity index (χ0) is 14.5. The number of hydrogen-bond donors (Lipinski definition) is 0. The van der Waals surface area contributed by atoms with Crippen molar-refractivity contribution in [2.75, 3.05) is 13.2 Å². The number of esters is 1. The van der Waals surface area contributed by atoms with Crippen LogP contribution in [0.3, 0.4) is 0 Å². The molecule has 0 spiro atoms. The average Bonchev–Trinajstić information content (AvgIpc) is 2.47. The Morgan fingerprint density at radius 1 is 1.35 bits per heavy atom. The van der Waals surface area contributed by atoms with Crippen LogP contribution < -0.4 is 0 Å². The number of aromatic nitrogens is 2. The molecule has 0 radical (unpaired) electrons. The summed E-state index contributed by atoms with van der Waals surface area (Å²) in [5, 5.41) is 0. The van der Waals surface area contributed by atoms with E-state index in [-0.39, 0.29) is 17.6 Å². The maximum atomic E-state index is 12.4. The Labute approximate surface area is 118 Å². The Kier molecular flexibility index (Phi) is 4.65. The highest BCUT2D eigenvalue weighted by Crippen LogP contribution is 2.20. The number of carbonyl (C=O) groups excluding carboxylic acids is 2. The van der Waals surface area contributed by atoms with E-state index in [2.05, 4.69) is 9.97 Å². The summed E-state index contributed by atoms with van der Waals surface area (Å²) in [6, 6.07) is -0.501. The molecule has 2 rings (SSSR count). The highest BCUT2D eigenvalue weighted by molar-refractivity contribution is 5.95. The number of carbonyl (C=O) groups is 2. The minimum Gasteiger partial charge on any atom is -0.464 e. The summed E-state index contributed by atoms with van der Waals surface area (Å²) >= 11 is 0. The van der Waals surface area contributed by atoms with E-state index >= 15 is 0 Å². The maximum Gasteiger partial charge on any atom is 0.328 e. The van der Waals surface area contributed by atoms with Crippen LogP contribution in [0.1, 0.15) is 42.4 Å². The number of rotatable bonds is 3. The summed E-state index contributed by atoms with van der Waals surface area (Å²) in [4.78, 5) is 34.1. The van der Waals surface area contributed by atoms with Crippen molar-refractivity contribution in [3.8, 4) is 0 Å². The standard InChI is InChI=1S/C14H19N3O3/c1-3-20-14(19)12-6-4-5-7-17(12)13(18)11-9-15-10(2)8-16-11/h8-9,12H,3-7H2,1-2H3. The highest BCUT2D eigenvalue weighted by atomic mass is 16.5. The lowest BCUT2D eigenvalue weighted by Crippen LogP contribution is -2.48. The molecule has 2 heterocycles. The van der Waals surface area contributed by atoms with Gasteiger partial charge in [0.05, 0.1) is 18.5 Å². The fourth-order valence-corrected chi connectivity index (χ4v) is 2.31. The van der Waals surface area contributed by atoms with Crippen LogP contribution in [-0.4, -0.2) is 45.9 Å². The van der Waals surface area contributed by atoms with E-state index in [0.717, 1.165) is 18.5 Å². The van der Waals surface area contributed by atoms with Crippen molar-refractivity contribution in [2.45, 2.75) is 39.2 Å². The summed E-state index contributed by atoms with van der Waals surface area (Å²) < 4.78 is 5.05. The average molecular weight is 277 g/mol. The Morgan fingerprint density at radius 2 is 2.15 bits per heavy atom. The van der Waals surface area contributed by atoms with Gasteiger partial charge in [0.15, 0.2) is 0 Å². The van der Waals surface area contributed by atoms with Crippen LogP contribution in [0.15, 0.2) is 12.4 Å². The lowest BCUT2D eigenvalue weighted by molar-refractivity contribution is -0.149. The van der Waals surface area contributed by atoms with Crippen molar-refractivity contribution in [3.05, 3.63) is 23.8 Å². The van der Waals surface area contributed by atoms with Gasteiger partial charge in [0.25, 0.3) is 5.91 Å². The topological polar surface area (TPSA) is 72.4 Å². The smallest absolute Gasteiger partial charge is 0.328 e. The molecule has 1 amide bonds. The third-order valence-corrected chi connectivity index (χ3v) is 3.32. The molecule has 20 heavy (non-hydrogen) atoms. The van der Waals surface area contributed by atoms with E-state index in [1.54, 1.807) is 18.0 Å². The van der Waals surface area contributed by atoms with Gasteiger partial charge in [0, 0.05) is 12.7 Å². The SMILES string of the molecule is CCOC(=O)C1CCCCN1C(=O)c1cnc(C)cn1. The predicted molar refractivity (Wildman–Crippen MR) is 72.1 cm³/mol. The number of likely N-dealkylation sites (tertiary alicyclic amines) is 1. The molecule has 1 unspecified atom stereocenters. The van der Waals surface area contributed by atoms with Crippen molar-refractivity contribution >= 4 is 11.9 Å². The molecular formula is C14H19N3O3. The second-order valence-electron chi connectivity index (χ2n) is 4.81. The molecule has 6 nitrogen and oxygen atoms in total. The molecular weight excluding hydrogens is 258 g/mol. The predicted octanol–water partition coefficient (Wildman–Crippen LogP) is 1.34. The summed E-state index contributed by atoms with van der Waals surface area (Å²) in [7, 11) is 0. The van der Waals surface area contributed by atoms with Gasteiger partial charge in [-0.25, -0.2) is 9.78 Å². The Balaban J connectivity index is 2.16. The second-order valence-corrected chi connectivity index (χ2v) is 4.81. The third-order valence-electron chi connectivity index (χ3n) is 3.32. The lowest BCUT2D eigenvalue weighted by atomic mass is 10.0. The summed E-state index contributed by atoms with van der Waals surface area (Å²) in [5.74, 6) is -0.587. The lowest BCUT2D eigenvalue weighted by Gasteiger charge is -2.33. The second kappa shape index (κ2) is 6.45. The zero-order valence-electron chi connectivity index (χ0n) is 11.8. The Morgan fingerprint density at radius 3 is 2.80 bits per heavy atom. The largest absolute Gasteiger partial charge is 0.464 e. The molecule has 0 aliphatic carbocycles. The number of aryl methyl sites for hydroxylation is 1. The van der Waals surface area contributed by atoms with E-state index in [1.807, 2.05) is 6.92 Å². The molecule has 1 fully saturated rings. The Hall–Kier alpha value is -1.98. The summed E-state index contributed by atoms with van der Waals surface area (Å²) in [5.41, 5.74) is 1.02. The van der Waals surface area contributed by atoms with Gasteiger partial charge >= 0.3 is 5.97 Å². The maximum absolute atomic E-state index is 12.4. The molecule has 1 aromatic heterocycles. The normalized spacial score (nSPS) is 18.7.